The van der Waals surface area contributed by atoms with E-state index in [1.807, 2.05) is 4.90 Å². The smallest absolute Gasteiger partial charge is 0.253 e. The highest BCUT2D eigenvalue weighted by Gasteiger charge is 2.20. The van der Waals surface area contributed by atoms with Gasteiger partial charge in [0.15, 0.2) is 11.5 Å². The number of amides is 1. The van der Waals surface area contributed by atoms with Crippen LogP contribution in [-0.2, 0) is 0 Å². The molecule has 1 saturated heterocycles. The molecule has 1 aliphatic heterocycles. The van der Waals surface area contributed by atoms with E-state index in [1.54, 1.807) is 32.4 Å². The van der Waals surface area contributed by atoms with Gasteiger partial charge in [-0.1, -0.05) is 6.92 Å². The van der Waals surface area contributed by atoms with Gasteiger partial charge >= 0.3 is 0 Å². The third kappa shape index (κ3) is 3.24. The molecule has 20 heavy (non-hydrogen) atoms. The van der Waals surface area contributed by atoms with Crippen molar-refractivity contribution in [3.8, 4) is 11.5 Å². The molecule has 0 bridgehead atoms. The molecule has 0 aromatic heterocycles. The normalized spacial score (nSPS) is 19.4. The second-order valence-corrected chi connectivity index (χ2v) is 5.40. The number of ether oxygens (including phenoxy) is 2. The van der Waals surface area contributed by atoms with E-state index in [4.69, 9.17) is 9.47 Å². The molecule has 1 atom stereocenters. The van der Waals surface area contributed by atoms with Crippen LogP contribution in [0.5, 0.6) is 11.5 Å². The fourth-order valence-corrected chi connectivity index (χ4v) is 2.62. The Morgan fingerprint density at radius 2 is 1.90 bits per heavy atom. The fraction of sp³-hybridized carbons (Fsp3) is 0.562. The standard InChI is InChI=1S/C16H23NO3/c1-12-5-4-9-17(10-8-12)16(18)13-6-7-14(19-2)15(11-13)20-3/h6-7,11-12H,4-5,8-10H2,1-3H3. The summed E-state index contributed by atoms with van der Waals surface area (Å²) in [5.74, 6) is 2.04. The molecule has 0 radical (unpaired) electrons. The first-order valence-corrected chi connectivity index (χ1v) is 7.17. The number of rotatable bonds is 3. The van der Waals surface area contributed by atoms with Crippen LogP contribution in [0.3, 0.4) is 0 Å². The molecule has 1 heterocycles. The predicted octanol–water partition coefficient (Wildman–Crippen LogP) is 2.97. The van der Waals surface area contributed by atoms with Crippen molar-refractivity contribution in [3.63, 3.8) is 0 Å². The van der Waals surface area contributed by atoms with Crippen molar-refractivity contribution >= 4 is 5.91 Å². The van der Waals surface area contributed by atoms with Crippen LogP contribution in [0.25, 0.3) is 0 Å². The van der Waals surface area contributed by atoms with Gasteiger partial charge in [0.2, 0.25) is 0 Å². The van der Waals surface area contributed by atoms with Gasteiger partial charge in [-0.05, 0) is 43.4 Å². The van der Waals surface area contributed by atoms with Gasteiger partial charge in [-0.2, -0.15) is 0 Å². The molecular formula is C16H23NO3. The van der Waals surface area contributed by atoms with Gasteiger partial charge in [-0.25, -0.2) is 0 Å². The molecule has 2 rings (SSSR count). The van der Waals surface area contributed by atoms with Crippen LogP contribution in [0.1, 0.15) is 36.5 Å². The van der Waals surface area contributed by atoms with E-state index in [0.29, 0.717) is 23.0 Å². The van der Waals surface area contributed by atoms with E-state index in [9.17, 15) is 4.79 Å². The van der Waals surface area contributed by atoms with E-state index in [0.717, 1.165) is 25.9 Å². The van der Waals surface area contributed by atoms with Gasteiger partial charge in [0.1, 0.15) is 0 Å². The first-order valence-electron chi connectivity index (χ1n) is 7.17. The molecule has 0 N–H and O–H groups in total. The molecule has 1 amide bonds. The number of nitrogens with zero attached hydrogens (tertiary/aromatic N) is 1. The average Bonchev–Trinajstić information content (AvgIpc) is 2.70. The number of hydrogen-bond donors (Lipinski definition) is 0. The Morgan fingerprint density at radius 3 is 2.60 bits per heavy atom. The van der Waals surface area contributed by atoms with Crippen LogP contribution >= 0.6 is 0 Å². The zero-order chi connectivity index (χ0) is 14.5. The summed E-state index contributed by atoms with van der Waals surface area (Å²) in [6.45, 7) is 3.94. The van der Waals surface area contributed by atoms with Crippen molar-refractivity contribution < 1.29 is 14.3 Å². The summed E-state index contributed by atoms with van der Waals surface area (Å²) in [6.07, 6.45) is 3.37. The minimum absolute atomic E-state index is 0.0834. The Balaban J connectivity index is 2.16. The first kappa shape index (κ1) is 14.7. The lowest BCUT2D eigenvalue weighted by Crippen LogP contribution is -2.32. The van der Waals surface area contributed by atoms with Crippen molar-refractivity contribution in [1.29, 1.82) is 0 Å². The van der Waals surface area contributed by atoms with E-state index in [1.165, 1.54) is 6.42 Å². The lowest BCUT2D eigenvalue weighted by atomic mass is 10.0. The van der Waals surface area contributed by atoms with Crippen molar-refractivity contribution in [2.24, 2.45) is 5.92 Å². The van der Waals surface area contributed by atoms with Crippen LogP contribution in [0, 0.1) is 5.92 Å². The summed E-state index contributed by atoms with van der Waals surface area (Å²) in [7, 11) is 3.18. The van der Waals surface area contributed by atoms with Crippen LogP contribution in [0.2, 0.25) is 0 Å². The Kier molecular flexibility index (Phi) is 4.88. The zero-order valence-corrected chi connectivity index (χ0v) is 12.5. The molecule has 1 aliphatic rings. The van der Waals surface area contributed by atoms with Gasteiger partial charge in [0.05, 0.1) is 14.2 Å². The molecular weight excluding hydrogens is 254 g/mol. The molecule has 4 heteroatoms. The lowest BCUT2D eigenvalue weighted by molar-refractivity contribution is 0.0760. The summed E-state index contributed by atoms with van der Waals surface area (Å²) in [5, 5.41) is 0. The van der Waals surface area contributed by atoms with Gasteiger partial charge in [-0.3, -0.25) is 4.79 Å². The second kappa shape index (κ2) is 6.64. The summed E-state index contributed by atoms with van der Waals surface area (Å²) >= 11 is 0. The largest absolute Gasteiger partial charge is 0.493 e. The van der Waals surface area contributed by atoms with Crippen LogP contribution < -0.4 is 9.47 Å². The van der Waals surface area contributed by atoms with Crippen molar-refractivity contribution in [3.05, 3.63) is 23.8 Å². The van der Waals surface area contributed by atoms with Crippen LogP contribution in [0.15, 0.2) is 18.2 Å². The summed E-state index contributed by atoms with van der Waals surface area (Å²) in [6, 6.07) is 5.35. The number of likely N-dealkylation sites (tertiary alicyclic amines) is 1. The minimum atomic E-state index is 0.0834. The number of carbonyl (C=O) groups is 1. The number of hydrogen-bond acceptors (Lipinski definition) is 3. The van der Waals surface area contributed by atoms with Gasteiger partial charge in [0, 0.05) is 18.7 Å². The van der Waals surface area contributed by atoms with E-state index in [2.05, 4.69) is 6.92 Å². The van der Waals surface area contributed by atoms with E-state index < -0.39 is 0 Å². The highest BCUT2D eigenvalue weighted by atomic mass is 16.5. The van der Waals surface area contributed by atoms with Crippen molar-refractivity contribution in [1.82, 2.24) is 4.90 Å². The van der Waals surface area contributed by atoms with Crippen LogP contribution in [-0.4, -0.2) is 38.1 Å². The fourth-order valence-electron chi connectivity index (χ4n) is 2.62. The average molecular weight is 277 g/mol. The van der Waals surface area contributed by atoms with Crippen molar-refractivity contribution in [2.45, 2.75) is 26.2 Å². The Labute approximate surface area is 120 Å². The second-order valence-electron chi connectivity index (χ2n) is 5.40. The van der Waals surface area contributed by atoms with Crippen molar-refractivity contribution in [2.75, 3.05) is 27.3 Å². The van der Waals surface area contributed by atoms with E-state index in [-0.39, 0.29) is 5.91 Å². The molecule has 1 aromatic carbocycles. The minimum Gasteiger partial charge on any atom is -0.493 e. The molecule has 1 aromatic rings. The molecule has 110 valence electrons. The zero-order valence-electron chi connectivity index (χ0n) is 12.5. The first-order chi connectivity index (χ1) is 9.65. The SMILES string of the molecule is COc1ccc(C(=O)N2CCCC(C)CC2)cc1OC. The van der Waals surface area contributed by atoms with Gasteiger partial charge in [0.25, 0.3) is 5.91 Å². The third-order valence-corrected chi connectivity index (χ3v) is 3.93. The number of methoxy groups -OCH3 is 2. The summed E-state index contributed by atoms with van der Waals surface area (Å²) < 4.78 is 10.5. The topological polar surface area (TPSA) is 38.8 Å². The number of benzene rings is 1. The van der Waals surface area contributed by atoms with E-state index >= 15 is 0 Å². The van der Waals surface area contributed by atoms with Gasteiger partial charge in [-0.15, -0.1) is 0 Å². The molecule has 4 nitrogen and oxygen atoms in total. The quantitative estimate of drug-likeness (QED) is 0.852. The predicted molar refractivity (Wildman–Crippen MR) is 78.5 cm³/mol. The maximum Gasteiger partial charge on any atom is 0.253 e. The van der Waals surface area contributed by atoms with Crippen LogP contribution in [0.4, 0.5) is 0 Å². The molecule has 1 unspecified atom stereocenters. The number of carbonyl (C=O) groups excluding carboxylic acids is 1. The summed E-state index contributed by atoms with van der Waals surface area (Å²) in [5.41, 5.74) is 0.664. The van der Waals surface area contributed by atoms with Gasteiger partial charge < -0.3 is 14.4 Å². The molecule has 0 aliphatic carbocycles. The molecule has 0 spiro atoms. The molecule has 0 saturated carbocycles. The monoisotopic (exact) mass is 277 g/mol. The Morgan fingerprint density at radius 1 is 1.15 bits per heavy atom. The highest BCUT2D eigenvalue weighted by molar-refractivity contribution is 5.95. The summed E-state index contributed by atoms with van der Waals surface area (Å²) in [4.78, 5) is 14.5. The third-order valence-electron chi connectivity index (χ3n) is 3.93. The maximum absolute atomic E-state index is 12.6. The molecule has 1 fully saturated rings. The Bertz CT molecular complexity index is 473. The lowest BCUT2D eigenvalue weighted by Gasteiger charge is -2.21. The highest BCUT2D eigenvalue weighted by Crippen LogP contribution is 2.28. The Hall–Kier alpha value is -1.71. The maximum atomic E-state index is 12.6.